The number of hydrogen-bond acceptors (Lipinski definition) is 5. The average molecular weight is 401 g/mol. The number of benzene rings is 3. The highest BCUT2D eigenvalue weighted by atomic mass is 32.2. The van der Waals surface area contributed by atoms with Crippen molar-refractivity contribution >= 4 is 32.8 Å². The summed E-state index contributed by atoms with van der Waals surface area (Å²) in [5.41, 5.74) is 2.52. The molecule has 0 saturated heterocycles. The van der Waals surface area contributed by atoms with Crippen LogP contribution in [0.5, 0.6) is 5.75 Å². The van der Waals surface area contributed by atoms with Gasteiger partial charge >= 0.3 is 10.1 Å². The molecule has 0 radical (unpaired) electrons. The molecule has 29 heavy (non-hydrogen) atoms. The number of aromatic nitrogens is 2. The Hall–Kier alpha value is -3.89. The molecule has 1 heterocycles. The maximum atomic E-state index is 12.4. The number of H-pyrrole nitrogens is 1. The highest BCUT2D eigenvalue weighted by molar-refractivity contribution is 7.87. The van der Waals surface area contributed by atoms with Crippen molar-refractivity contribution in [2.45, 2.75) is 4.90 Å². The summed E-state index contributed by atoms with van der Waals surface area (Å²) in [5.74, 6) is 0.599. The molecule has 0 aliphatic heterocycles. The van der Waals surface area contributed by atoms with Crippen LogP contribution in [0.3, 0.4) is 0 Å². The van der Waals surface area contributed by atoms with Crippen LogP contribution in [0.15, 0.2) is 83.8 Å². The third kappa shape index (κ3) is 4.03. The lowest BCUT2D eigenvalue weighted by Crippen LogP contribution is -2.09. The second-order valence-corrected chi connectivity index (χ2v) is 7.74. The predicted octanol–water partition coefficient (Wildman–Crippen LogP) is 4.39. The van der Waals surface area contributed by atoms with Crippen molar-refractivity contribution in [1.82, 2.24) is 9.97 Å². The second kappa shape index (κ2) is 7.62. The first-order valence-corrected chi connectivity index (χ1v) is 10.1. The summed E-state index contributed by atoms with van der Waals surface area (Å²) in [4.78, 5) is 7.61. The lowest BCUT2D eigenvalue weighted by atomic mass is 10.1. The summed E-state index contributed by atoms with van der Waals surface area (Å²) in [7, 11) is -3.94. The van der Waals surface area contributed by atoms with E-state index in [0.29, 0.717) is 17.0 Å². The Kier molecular flexibility index (Phi) is 4.85. The van der Waals surface area contributed by atoms with E-state index in [1.807, 2.05) is 24.3 Å². The molecule has 0 bridgehead atoms. The first-order valence-electron chi connectivity index (χ1n) is 8.72. The van der Waals surface area contributed by atoms with Gasteiger partial charge in [0.1, 0.15) is 22.5 Å². The van der Waals surface area contributed by atoms with Crippen LogP contribution >= 0.6 is 0 Å². The van der Waals surface area contributed by atoms with Gasteiger partial charge in [0, 0.05) is 0 Å². The van der Waals surface area contributed by atoms with Gasteiger partial charge in [-0.05, 0) is 48.0 Å². The first kappa shape index (κ1) is 18.5. The van der Waals surface area contributed by atoms with Gasteiger partial charge in [-0.3, -0.25) is 0 Å². The highest BCUT2D eigenvalue weighted by Crippen LogP contribution is 2.23. The van der Waals surface area contributed by atoms with Crippen molar-refractivity contribution < 1.29 is 12.6 Å². The lowest BCUT2D eigenvalue weighted by molar-refractivity contribution is 0.486. The molecule has 6 nitrogen and oxygen atoms in total. The van der Waals surface area contributed by atoms with Gasteiger partial charge in [-0.2, -0.15) is 13.7 Å². The highest BCUT2D eigenvalue weighted by Gasteiger charge is 2.16. The van der Waals surface area contributed by atoms with Gasteiger partial charge in [0.2, 0.25) is 0 Å². The number of nitrogens with zero attached hydrogens (tertiary/aromatic N) is 2. The zero-order chi connectivity index (χ0) is 20.3. The first-order chi connectivity index (χ1) is 14.0. The van der Waals surface area contributed by atoms with Crippen LogP contribution in [0.25, 0.3) is 22.7 Å². The summed E-state index contributed by atoms with van der Waals surface area (Å²) in [6.07, 6.45) is 1.62. The average Bonchev–Trinajstić information content (AvgIpc) is 3.17. The van der Waals surface area contributed by atoms with E-state index >= 15 is 0 Å². The van der Waals surface area contributed by atoms with E-state index < -0.39 is 10.1 Å². The standard InChI is InChI=1S/C22H15N3O3S/c23-15-17(22-24-20-11-4-5-12-21(20)25-22)13-16-7-6-8-18(14-16)28-29(26,27)19-9-2-1-3-10-19/h1-14H,(H,24,25)/b17-13-. The molecule has 0 fully saturated rings. The Morgan fingerprint density at radius 3 is 2.52 bits per heavy atom. The van der Waals surface area contributed by atoms with Crippen LogP contribution in [-0.2, 0) is 10.1 Å². The fourth-order valence-corrected chi connectivity index (χ4v) is 3.76. The molecule has 4 rings (SSSR count). The van der Waals surface area contributed by atoms with E-state index in [1.54, 1.807) is 48.5 Å². The van der Waals surface area contributed by atoms with Crippen LogP contribution in [0.2, 0.25) is 0 Å². The molecule has 1 N–H and O–H groups in total. The molecule has 1 aromatic heterocycles. The summed E-state index contributed by atoms with van der Waals surface area (Å²) in [6, 6.07) is 24.0. The monoisotopic (exact) mass is 401 g/mol. The van der Waals surface area contributed by atoms with Gasteiger partial charge in [0.05, 0.1) is 16.6 Å². The fourth-order valence-electron chi connectivity index (χ4n) is 2.82. The Morgan fingerprint density at radius 2 is 1.76 bits per heavy atom. The number of imidazole rings is 1. The van der Waals surface area contributed by atoms with Crippen molar-refractivity contribution in [3.8, 4) is 11.8 Å². The maximum Gasteiger partial charge on any atom is 0.339 e. The lowest BCUT2D eigenvalue weighted by Gasteiger charge is -2.07. The van der Waals surface area contributed by atoms with Crippen molar-refractivity contribution in [2.24, 2.45) is 0 Å². The maximum absolute atomic E-state index is 12.4. The zero-order valence-electron chi connectivity index (χ0n) is 15.1. The largest absolute Gasteiger partial charge is 0.379 e. The number of para-hydroxylation sites is 2. The Morgan fingerprint density at radius 1 is 1.00 bits per heavy atom. The fraction of sp³-hybridized carbons (Fsp3) is 0. The molecular weight excluding hydrogens is 386 g/mol. The van der Waals surface area contributed by atoms with E-state index in [-0.39, 0.29) is 10.6 Å². The number of hydrogen-bond donors (Lipinski definition) is 1. The minimum absolute atomic E-state index is 0.0703. The quantitative estimate of drug-likeness (QED) is 0.395. The second-order valence-electron chi connectivity index (χ2n) is 6.20. The van der Waals surface area contributed by atoms with Crippen LogP contribution in [0.4, 0.5) is 0 Å². The molecule has 3 aromatic carbocycles. The third-order valence-electron chi connectivity index (χ3n) is 4.17. The van der Waals surface area contributed by atoms with Crippen molar-refractivity contribution in [1.29, 1.82) is 5.26 Å². The van der Waals surface area contributed by atoms with Crippen molar-refractivity contribution in [3.63, 3.8) is 0 Å². The molecule has 0 aliphatic carbocycles. The van der Waals surface area contributed by atoms with Gasteiger partial charge < -0.3 is 9.17 Å². The Labute approximate surface area is 167 Å². The number of allylic oxidation sites excluding steroid dienone is 1. The number of nitrogens with one attached hydrogen (secondary N) is 1. The van der Waals surface area contributed by atoms with Crippen LogP contribution in [0, 0.1) is 11.3 Å². The topological polar surface area (TPSA) is 95.8 Å². The van der Waals surface area contributed by atoms with Gasteiger partial charge in [-0.1, -0.05) is 42.5 Å². The Balaban J connectivity index is 1.65. The van der Waals surface area contributed by atoms with Gasteiger partial charge in [0.15, 0.2) is 0 Å². The molecule has 7 heteroatoms. The number of aromatic amines is 1. The molecule has 142 valence electrons. The van der Waals surface area contributed by atoms with Crippen molar-refractivity contribution in [3.05, 3.63) is 90.3 Å². The molecule has 4 aromatic rings. The smallest absolute Gasteiger partial charge is 0.339 e. The molecule has 0 atom stereocenters. The summed E-state index contributed by atoms with van der Waals surface area (Å²) in [6.45, 7) is 0. The molecule has 0 unspecified atom stereocenters. The Bertz CT molecular complexity index is 1320. The summed E-state index contributed by atoms with van der Waals surface area (Å²) < 4.78 is 30.0. The zero-order valence-corrected chi connectivity index (χ0v) is 15.9. The number of fused-ring (bicyclic) bond motifs is 1. The molecule has 0 saturated carbocycles. The minimum Gasteiger partial charge on any atom is -0.379 e. The van der Waals surface area contributed by atoms with E-state index in [0.717, 1.165) is 11.0 Å². The summed E-state index contributed by atoms with van der Waals surface area (Å²) >= 11 is 0. The molecular formula is C22H15N3O3S. The van der Waals surface area contributed by atoms with Gasteiger partial charge in [-0.15, -0.1) is 0 Å². The van der Waals surface area contributed by atoms with Crippen LogP contribution in [0.1, 0.15) is 11.4 Å². The van der Waals surface area contributed by atoms with E-state index in [4.69, 9.17) is 4.18 Å². The molecule has 0 amide bonds. The number of rotatable bonds is 5. The van der Waals surface area contributed by atoms with Gasteiger partial charge in [-0.25, -0.2) is 4.98 Å². The predicted molar refractivity (Wildman–Crippen MR) is 110 cm³/mol. The van der Waals surface area contributed by atoms with Crippen LogP contribution in [-0.4, -0.2) is 18.4 Å². The summed E-state index contributed by atoms with van der Waals surface area (Å²) in [5, 5.41) is 9.56. The van der Waals surface area contributed by atoms with E-state index in [1.165, 1.54) is 12.1 Å². The van der Waals surface area contributed by atoms with Gasteiger partial charge in [0.25, 0.3) is 0 Å². The third-order valence-corrected chi connectivity index (χ3v) is 5.43. The van der Waals surface area contributed by atoms with Crippen molar-refractivity contribution in [2.75, 3.05) is 0 Å². The minimum atomic E-state index is -3.94. The number of nitriles is 1. The molecule has 0 spiro atoms. The van der Waals surface area contributed by atoms with Crippen LogP contribution < -0.4 is 4.18 Å². The van der Waals surface area contributed by atoms with E-state index in [2.05, 4.69) is 16.0 Å². The van der Waals surface area contributed by atoms with E-state index in [9.17, 15) is 13.7 Å². The normalized spacial score (nSPS) is 11.9. The molecule has 0 aliphatic rings. The SMILES string of the molecule is N#C/C(=C/c1cccc(OS(=O)(=O)c2ccccc2)c1)c1nc2ccccc2[nH]1.